The maximum absolute atomic E-state index is 13.0. The summed E-state index contributed by atoms with van der Waals surface area (Å²) in [4.78, 5) is 38.6. The molecule has 4 N–H and O–H groups in total. The molecule has 31 heavy (non-hydrogen) atoms. The first-order valence-electron chi connectivity index (χ1n) is 10.2. The maximum Gasteiger partial charge on any atom is 0.432 e. The van der Waals surface area contributed by atoms with Crippen molar-refractivity contribution >= 4 is 25.7 Å². The van der Waals surface area contributed by atoms with Crippen molar-refractivity contribution in [3.05, 3.63) is 35.4 Å². The second-order valence-electron chi connectivity index (χ2n) is 8.77. The van der Waals surface area contributed by atoms with Crippen molar-refractivity contribution in [2.24, 2.45) is 5.92 Å². The summed E-state index contributed by atoms with van der Waals surface area (Å²) in [6.45, 7) is 9.33. The zero-order valence-electron chi connectivity index (χ0n) is 18.8. The summed E-state index contributed by atoms with van der Waals surface area (Å²) in [6.07, 6.45) is 0.0457. The van der Waals surface area contributed by atoms with Crippen molar-refractivity contribution in [3.63, 3.8) is 0 Å². The third kappa shape index (κ3) is 8.59. The summed E-state index contributed by atoms with van der Waals surface area (Å²) in [7, 11) is -0.750. The topological polar surface area (TPSA) is 136 Å². The Morgan fingerprint density at radius 1 is 1.19 bits per heavy atom. The van der Waals surface area contributed by atoms with Gasteiger partial charge in [0.2, 0.25) is 5.91 Å². The van der Waals surface area contributed by atoms with E-state index in [0.717, 1.165) is 11.1 Å². The van der Waals surface area contributed by atoms with Crippen molar-refractivity contribution < 1.29 is 34.3 Å². The number of benzene rings is 1. The van der Waals surface area contributed by atoms with E-state index in [1.54, 1.807) is 20.8 Å². The average Bonchev–Trinajstić information content (AvgIpc) is 2.65. The fourth-order valence-electron chi connectivity index (χ4n) is 3.23. The standard InChI is InChI=1S/C21H30N2O5.BH3O2/c1-13(2)10-16(19(25)26)22-18(24)17-11-14-8-6-7-9-15(14)12-23(17)20(27)28-21(3,4)5;2-1-3/h6-9,13,16-17H,10-12H2,1-5H3,(H,22,24)(H,25,26);1-3H/t16-,17?;/m0./s1. The molecule has 1 unspecified atom stereocenters. The molecule has 9 nitrogen and oxygen atoms in total. The number of fused-ring (bicyclic) bond motifs is 1. The van der Waals surface area contributed by atoms with Gasteiger partial charge in [-0.15, -0.1) is 0 Å². The normalized spacial score (nSPS) is 16.4. The van der Waals surface area contributed by atoms with Gasteiger partial charge in [0.15, 0.2) is 0 Å². The Morgan fingerprint density at radius 2 is 1.74 bits per heavy atom. The van der Waals surface area contributed by atoms with Gasteiger partial charge >= 0.3 is 19.7 Å². The van der Waals surface area contributed by atoms with Crippen molar-refractivity contribution in [3.8, 4) is 0 Å². The van der Waals surface area contributed by atoms with E-state index in [1.807, 2.05) is 38.1 Å². The summed E-state index contributed by atoms with van der Waals surface area (Å²) in [5, 5.41) is 26.3. The molecule has 0 spiro atoms. The highest BCUT2D eigenvalue weighted by Gasteiger charge is 2.38. The summed E-state index contributed by atoms with van der Waals surface area (Å²) in [6, 6.07) is 5.79. The van der Waals surface area contributed by atoms with Gasteiger partial charge in [-0.1, -0.05) is 38.1 Å². The zero-order valence-corrected chi connectivity index (χ0v) is 18.8. The molecule has 1 aromatic rings. The number of amides is 2. The Bertz CT molecular complexity index is 764. The Hall–Kier alpha value is -2.59. The van der Waals surface area contributed by atoms with Crippen LogP contribution in [0.3, 0.4) is 0 Å². The monoisotopic (exact) mass is 436 g/mol. The van der Waals surface area contributed by atoms with Gasteiger partial charge in [0.05, 0.1) is 6.54 Å². The van der Waals surface area contributed by atoms with Crippen LogP contribution < -0.4 is 5.32 Å². The van der Waals surface area contributed by atoms with Gasteiger partial charge in [-0.3, -0.25) is 9.69 Å². The van der Waals surface area contributed by atoms with Gasteiger partial charge in [-0.2, -0.15) is 0 Å². The third-order valence-electron chi connectivity index (χ3n) is 4.50. The lowest BCUT2D eigenvalue weighted by molar-refractivity contribution is -0.143. The molecule has 1 aliphatic heterocycles. The van der Waals surface area contributed by atoms with E-state index in [1.165, 1.54) is 4.90 Å². The van der Waals surface area contributed by atoms with Crippen molar-refractivity contribution in [1.29, 1.82) is 0 Å². The van der Waals surface area contributed by atoms with E-state index in [9.17, 15) is 19.5 Å². The highest BCUT2D eigenvalue weighted by molar-refractivity contribution is 6.13. The molecule has 172 valence electrons. The summed E-state index contributed by atoms with van der Waals surface area (Å²) in [5.74, 6) is -1.45. The van der Waals surface area contributed by atoms with Crippen LogP contribution in [0.25, 0.3) is 0 Å². The van der Waals surface area contributed by atoms with Crippen LogP contribution in [0.5, 0.6) is 0 Å². The second kappa shape index (κ2) is 11.7. The molecule has 1 heterocycles. The van der Waals surface area contributed by atoms with E-state index in [2.05, 4.69) is 5.32 Å². The average molecular weight is 436 g/mol. The molecular weight excluding hydrogens is 403 g/mol. The third-order valence-corrected chi connectivity index (χ3v) is 4.50. The van der Waals surface area contributed by atoms with Gasteiger partial charge in [-0.05, 0) is 44.2 Å². The van der Waals surface area contributed by atoms with E-state index >= 15 is 0 Å². The van der Waals surface area contributed by atoms with Crippen LogP contribution in [0, 0.1) is 5.92 Å². The van der Waals surface area contributed by atoms with Crippen molar-refractivity contribution in [1.82, 2.24) is 10.2 Å². The number of aliphatic carboxylic acids is 1. The number of carbonyl (C=O) groups excluding carboxylic acids is 2. The number of hydrogen-bond acceptors (Lipinski definition) is 6. The van der Waals surface area contributed by atoms with Crippen LogP contribution >= 0.6 is 0 Å². The minimum atomic E-state index is -1.08. The van der Waals surface area contributed by atoms with Gasteiger partial charge < -0.3 is 25.2 Å². The van der Waals surface area contributed by atoms with Crippen LogP contribution in [-0.4, -0.2) is 63.4 Å². The number of carbonyl (C=O) groups is 3. The Labute approximate surface area is 183 Å². The first kappa shape index (κ1) is 26.5. The van der Waals surface area contributed by atoms with Crippen LogP contribution in [-0.2, 0) is 27.3 Å². The Kier molecular flexibility index (Phi) is 9.99. The van der Waals surface area contributed by atoms with E-state index < -0.39 is 43.3 Å². The lowest BCUT2D eigenvalue weighted by atomic mass is 9.93. The molecule has 0 radical (unpaired) electrons. The molecule has 1 aliphatic rings. The molecule has 1 aromatic carbocycles. The number of rotatable bonds is 5. The number of carboxylic acids is 1. The number of carboxylic acid groups (broad SMARTS) is 1. The maximum atomic E-state index is 13.0. The first-order chi connectivity index (χ1) is 14.4. The zero-order chi connectivity index (χ0) is 23.8. The molecule has 0 aliphatic carbocycles. The number of nitrogens with zero attached hydrogens (tertiary/aromatic N) is 1. The van der Waals surface area contributed by atoms with E-state index in [4.69, 9.17) is 14.8 Å². The summed E-state index contributed by atoms with van der Waals surface area (Å²) >= 11 is 0. The second-order valence-corrected chi connectivity index (χ2v) is 8.77. The minimum Gasteiger partial charge on any atom is -0.480 e. The molecule has 0 aromatic heterocycles. The predicted molar refractivity (Wildman–Crippen MR) is 116 cm³/mol. The molecule has 0 saturated carbocycles. The molecule has 0 saturated heterocycles. The lowest BCUT2D eigenvalue weighted by Crippen LogP contribution is -2.56. The van der Waals surface area contributed by atoms with Crippen molar-refractivity contribution in [2.75, 3.05) is 0 Å². The number of nitrogens with one attached hydrogen (secondary N) is 1. The molecule has 2 rings (SSSR count). The van der Waals surface area contributed by atoms with E-state index in [-0.39, 0.29) is 12.5 Å². The SMILES string of the molecule is CC(C)C[C@H](NC(=O)C1Cc2ccccc2CN1C(=O)OC(C)(C)C)C(=O)O.OBO. The van der Waals surface area contributed by atoms with E-state index in [0.29, 0.717) is 12.8 Å². The van der Waals surface area contributed by atoms with Crippen LogP contribution in [0.15, 0.2) is 24.3 Å². The fourth-order valence-corrected chi connectivity index (χ4v) is 3.23. The molecule has 0 bridgehead atoms. The highest BCUT2D eigenvalue weighted by atomic mass is 16.6. The molecule has 10 heteroatoms. The van der Waals surface area contributed by atoms with Crippen molar-refractivity contribution in [2.45, 2.75) is 71.7 Å². The first-order valence-corrected chi connectivity index (χ1v) is 10.2. The predicted octanol–water partition coefficient (Wildman–Crippen LogP) is 1.20. The van der Waals surface area contributed by atoms with Crippen LogP contribution in [0.4, 0.5) is 4.79 Å². The molecule has 2 amide bonds. The lowest BCUT2D eigenvalue weighted by Gasteiger charge is -2.37. The summed E-state index contributed by atoms with van der Waals surface area (Å²) in [5.41, 5.74) is 1.23. The van der Waals surface area contributed by atoms with Crippen LogP contribution in [0.2, 0.25) is 0 Å². The van der Waals surface area contributed by atoms with Gasteiger partial charge in [0.25, 0.3) is 0 Å². The smallest absolute Gasteiger partial charge is 0.432 e. The number of ether oxygens (including phenoxy) is 1. The highest BCUT2D eigenvalue weighted by Crippen LogP contribution is 2.25. The fraction of sp³-hybridized carbons (Fsp3) is 0.571. The van der Waals surface area contributed by atoms with Gasteiger partial charge in [0, 0.05) is 6.42 Å². The van der Waals surface area contributed by atoms with Gasteiger partial charge in [-0.25, -0.2) is 9.59 Å². The largest absolute Gasteiger partial charge is 0.480 e. The Balaban J connectivity index is 0.00000151. The number of hydrogen-bond donors (Lipinski definition) is 4. The quantitative estimate of drug-likeness (QED) is 0.509. The minimum absolute atomic E-state index is 0.107. The molecular formula is C21H33BN2O7. The summed E-state index contributed by atoms with van der Waals surface area (Å²) < 4.78 is 5.48. The molecule has 2 atom stereocenters. The van der Waals surface area contributed by atoms with Crippen LogP contribution in [0.1, 0.15) is 52.2 Å². The molecule has 0 fully saturated rings. The van der Waals surface area contributed by atoms with Gasteiger partial charge in [0.1, 0.15) is 17.7 Å². The Morgan fingerprint density at radius 3 is 2.23 bits per heavy atom.